The first-order valence-electron chi connectivity index (χ1n) is 21.7. The molecule has 1 aliphatic carbocycles. The highest BCUT2D eigenvalue weighted by Gasteiger charge is 2.35. The molecule has 1 heterocycles. The van der Waals surface area contributed by atoms with Crippen LogP contribution >= 0.6 is 0 Å². The van der Waals surface area contributed by atoms with Crippen LogP contribution in [0.15, 0.2) is 212 Å². The quantitative estimate of drug-likeness (QED) is 0.124. The lowest BCUT2D eigenvalue weighted by atomic mass is 9.82. The van der Waals surface area contributed by atoms with Crippen molar-refractivity contribution in [3.63, 3.8) is 0 Å². The van der Waals surface area contributed by atoms with Crippen LogP contribution in [0.3, 0.4) is 0 Å². The lowest BCUT2D eigenvalue weighted by molar-refractivity contribution is 0.660. The largest absolute Gasteiger partial charge is 0.208 e. The number of benzene rings is 10. The van der Waals surface area contributed by atoms with Crippen molar-refractivity contribution in [2.45, 2.75) is 19.3 Å². The van der Waals surface area contributed by atoms with Crippen LogP contribution in [-0.4, -0.2) is 15.0 Å². The minimum Gasteiger partial charge on any atom is -0.208 e. The van der Waals surface area contributed by atoms with Crippen LogP contribution in [0.1, 0.15) is 25.0 Å². The minimum absolute atomic E-state index is 0.157. The van der Waals surface area contributed by atoms with Gasteiger partial charge in [-0.2, -0.15) is 0 Å². The molecule has 0 amide bonds. The molecule has 296 valence electrons. The summed E-state index contributed by atoms with van der Waals surface area (Å²) in [5, 5.41) is 7.50. The van der Waals surface area contributed by atoms with Crippen molar-refractivity contribution >= 4 is 32.3 Å². The molecule has 0 N–H and O–H groups in total. The van der Waals surface area contributed by atoms with Gasteiger partial charge in [-0.25, -0.2) is 15.0 Å². The maximum Gasteiger partial charge on any atom is 0.164 e. The van der Waals surface area contributed by atoms with Crippen molar-refractivity contribution in [2.24, 2.45) is 0 Å². The molecular formula is C60H41N3. The molecule has 0 bridgehead atoms. The number of hydrogen-bond donors (Lipinski definition) is 0. The van der Waals surface area contributed by atoms with Crippen molar-refractivity contribution < 1.29 is 0 Å². The van der Waals surface area contributed by atoms with Crippen molar-refractivity contribution in [2.75, 3.05) is 0 Å². The lowest BCUT2D eigenvalue weighted by Gasteiger charge is -2.21. The third kappa shape index (κ3) is 6.15. The number of rotatable bonds is 6. The Hall–Kier alpha value is -8.01. The average Bonchev–Trinajstić information content (AvgIpc) is 3.58. The Bertz CT molecular complexity index is 3600. The summed E-state index contributed by atoms with van der Waals surface area (Å²) in [7, 11) is 0. The number of nitrogens with zero attached hydrogens (tertiary/aromatic N) is 3. The summed E-state index contributed by atoms with van der Waals surface area (Å²) >= 11 is 0. The molecule has 0 saturated heterocycles. The summed E-state index contributed by atoms with van der Waals surface area (Å²) in [5.41, 5.74) is 14.7. The van der Waals surface area contributed by atoms with Gasteiger partial charge >= 0.3 is 0 Å². The molecule has 3 heteroatoms. The van der Waals surface area contributed by atoms with E-state index in [2.05, 4.69) is 220 Å². The Morgan fingerprint density at radius 3 is 1.63 bits per heavy atom. The Morgan fingerprint density at radius 2 is 0.841 bits per heavy atom. The van der Waals surface area contributed by atoms with Crippen LogP contribution in [0, 0.1) is 0 Å². The minimum atomic E-state index is -0.157. The first-order chi connectivity index (χ1) is 31.0. The van der Waals surface area contributed by atoms with E-state index in [-0.39, 0.29) is 5.41 Å². The molecule has 0 atom stereocenters. The molecule has 10 aromatic carbocycles. The molecule has 12 rings (SSSR count). The average molecular weight is 804 g/mol. The van der Waals surface area contributed by atoms with E-state index in [1.54, 1.807) is 0 Å². The Kier molecular flexibility index (Phi) is 8.52. The molecule has 0 aliphatic heterocycles. The zero-order chi connectivity index (χ0) is 42.1. The topological polar surface area (TPSA) is 38.7 Å². The maximum atomic E-state index is 5.30. The predicted molar refractivity (Wildman–Crippen MR) is 263 cm³/mol. The van der Waals surface area contributed by atoms with Gasteiger partial charge in [-0.1, -0.05) is 202 Å². The summed E-state index contributed by atoms with van der Waals surface area (Å²) in [6.45, 7) is 4.63. The van der Waals surface area contributed by atoms with Crippen LogP contribution in [0.4, 0.5) is 0 Å². The van der Waals surface area contributed by atoms with Crippen molar-refractivity contribution in [1.29, 1.82) is 0 Å². The molecule has 1 aromatic heterocycles. The Labute approximate surface area is 367 Å². The number of hydrogen-bond acceptors (Lipinski definition) is 3. The monoisotopic (exact) mass is 803 g/mol. The molecule has 0 spiro atoms. The first-order valence-corrected chi connectivity index (χ1v) is 21.7. The normalized spacial score (nSPS) is 12.7. The van der Waals surface area contributed by atoms with Crippen LogP contribution < -0.4 is 0 Å². The highest BCUT2D eigenvalue weighted by molar-refractivity contribution is 6.20. The van der Waals surface area contributed by atoms with E-state index in [0.717, 1.165) is 38.9 Å². The van der Waals surface area contributed by atoms with Gasteiger partial charge in [-0.05, 0) is 112 Å². The molecule has 0 unspecified atom stereocenters. The fourth-order valence-electron chi connectivity index (χ4n) is 9.97. The summed E-state index contributed by atoms with van der Waals surface area (Å²) in [4.78, 5) is 15.9. The highest BCUT2D eigenvalue weighted by atomic mass is 15.0. The smallest absolute Gasteiger partial charge is 0.164 e. The molecule has 3 nitrogen and oxygen atoms in total. The first kappa shape index (κ1) is 36.8. The molecule has 1 aliphatic rings. The van der Waals surface area contributed by atoms with Crippen molar-refractivity contribution in [3.8, 4) is 78.7 Å². The molecule has 0 radical (unpaired) electrons. The van der Waals surface area contributed by atoms with Gasteiger partial charge in [-0.15, -0.1) is 0 Å². The van der Waals surface area contributed by atoms with Gasteiger partial charge in [0.15, 0.2) is 17.5 Å². The second-order valence-corrected chi connectivity index (χ2v) is 17.2. The van der Waals surface area contributed by atoms with E-state index in [4.69, 9.17) is 15.0 Å². The van der Waals surface area contributed by atoms with Gasteiger partial charge in [0.1, 0.15) is 0 Å². The number of aromatic nitrogens is 3. The fourth-order valence-corrected chi connectivity index (χ4v) is 9.97. The molecular weight excluding hydrogens is 763 g/mol. The van der Waals surface area contributed by atoms with Gasteiger partial charge in [0.05, 0.1) is 0 Å². The van der Waals surface area contributed by atoms with Gasteiger partial charge in [0.25, 0.3) is 0 Å². The van der Waals surface area contributed by atoms with Crippen LogP contribution in [-0.2, 0) is 5.41 Å². The second kappa shape index (κ2) is 14.6. The molecule has 63 heavy (non-hydrogen) atoms. The zero-order valence-corrected chi connectivity index (χ0v) is 35.0. The fraction of sp³-hybridized carbons (Fsp3) is 0.0500. The van der Waals surface area contributed by atoms with E-state index in [9.17, 15) is 0 Å². The summed E-state index contributed by atoms with van der Waals surface area (Å²) < 4.78 is 0. The van der Waals surface area contributed by atoms with E-state index < -0.39 is 0 Å². The van der Waals surface area contributed by atoms with Crippen molar-refractivity contribution in [1.82, 2.24) is 15.0 Å². The van der Waals surface area contributed by atoms with E-state index in [1.165, 1.54) is 65.7 Å². The van der Waals surface area contributed by atoms with E-state index >= 15 is 0 Å². The molecule has 0 saturated carbocycles. The number of fused-ring (bicyclic) bond motifs is 7. The summed E-state index contributed by atoms with van der Waals surface area (Å²) in [6, 6.07) is 76.3. The second-order valence-electron chi connectivity index (χ2n) is 17.2. The van der Waals surface area contributed by atoms with Gasteiger partial charge < -0.3 is 0 Å². The van der Waals surface area contributed by atoms with Gasteiger partial charge in [0.2, 0.25) is 0 Å². The molecule has 11 aromatic rings. The lowest BCUT2D eigenvalue weighted by Crippen LogP contribution is -2.15. The maximum absolute atomic E-state index is 5.30. The Morgan fingerprint density at radius 1 is 0.286 bits per heavy atom. The predicted octanol–water partition coefficient (Wildman–Crippen LogP) is 15.6. The standard InChI is InChI=1S/C60H41N3/c1-60(2)54-29-13-12-27-49(54)50-32-31-45(37-55(50)60)58-61-57(62-59(63-58)52-28-11-10-24-46(52)38-16-4-3-5-17-38)44-23-15-21-41(35-44)40-20-14-22-43(34-40)56-48-26-9-7-19-42(48)36-53-47-25-8-6-18-39(47)30-33-51(53)56/h3-37H,1-2H3. The summed E-state index contributed by atoms with van der Waals surface area (Å²) in [6.07, 6.45) is 0. The van der Waals surface area contributed by atoms with E-state index in [1.807, 2.05) is 6.07 Å². The molecule has 0 fully saturated rings. The zero-order valence-electron chi connectivity index (χ0n) is 35.0. The van der Waals surface area contributed by atoms with Crippen LogP contribution in [0.25, 0.3) is 111 Å². The SMILES string of the molecule is CC1(C)c2ccccc2-c2ccc(-c3nc(-c4cccc(-c5cccc(-c6c7ccccc7cc7c6ccc6ccccc67)c5)c4)nc(-c4ccccc4-c4ccccc4)n3)cc21. The highest BCUT2D eigenvalue weighted by Crippen LogP contribution is 2.49. The van der Waals surface area contributed by atoms with Crippen LogP contribution in [0.5, 0.6) is 0 Å². The third-order valence-corrected chi connectivity index (χ3v) is 13.1. The van der Waals surface area contributed by atoms with E-state index in [0.29, 0.717) is 17.5 Å². The Balaban J connectivity index is 1.01. The van der Waals surface area contributed by atoms with Crippen LogP contribution in [0.2, 0.25) is 0 Å². The summed E-state index contributed by atoms with van der Waals surface area (Å²) in [5.74, 6) is 1.92. The third-order valence-electron chi connectivity index (χ3n) is 13.1. The van der Waals surface area contributed by atoms with Gasteiger partial charge in [0, 0.05) is 22.1 Å². The van der Waals surface area contributed by atoms with Crippen molar-refractivity contribution in [3.05, 3.63) is 223 Å². The van der Waals surface area contributed by atoms with Gasteiger partial charge in [-0.3, -0.25) is 0 Å².